The minimum Gasteiger partial charge on any atom is -0.366 e. The Balaban J connectivity index is 2.24. The summed E-state index contributed by atoms with van der Waals surface area (Å²) in [5.74, 6) is -0.424. The normalized spacial score (nSPS) is 11.8. The van der Waals surface area contributed by atoms with E-state index in [9.17, 15) is 18.0 Å². The Hall–Kier alpha value is -2.97. The molecule has 9 heteroatoms. The van der Waals surface area contributed by atoms with Gasteiger partial charge < -0.3 is 10.3 Å². The van der Waals surface area contributed by atoms with Crippen LogP contribution in [0.15, 0.2) is 30.7 Å². The van der Waals surface area contributed by atoms with Crippen molar-refractivity contribution in [1.29, 1.82) is 0 Å². The van der Waals surface area contributed by atoms with E-state index in [2.05, 4.69) is 15.0 Å². The molecule has 0 spiro atoms. The van der Waals surface area contributed by atoms with Gasteiger partial charge in [0.2, 0.25) is 0 Å². The lowest BCUT2D eigenvalue weighted by atomic mass is 10.1. The molecule has 3 aromatic rings. The second-order valence-corrected chi connectivity index (χ2v) is 4.84. The van der Waals surface area contributed by atoms with Crippen molar-refractivity contribution in [2.75, 3.05) is 0 Å². The van der Waals surface area contributed by atoms with E-state index >= 15 is 0 Å². The van der Waals surface area contributed by atoms with E-state index in [1.807, 2.05) is 0 Å². The Bertz CT molecular complexity index is 916. The molecular formula is C14H10F3N5O. The van der Waals surface area contributed by atoms with Crippen molar-refractivity contribution < 1.29 is 18.0 Å². The molecule has 3 rings (SSSR count). The largest absolute Gasteiger partial charge is 0.417 e. The van der Waals surface area contributed by atoms with Crippen LogP contribution in [0, 0.1) is 0 Å². The van der Waals surface area contributed by atoms with Crippen molar-refractivity contribution in [3.8, 4) is 11.4 Å². The van der Waals surface area contributed by atoms with Gasteiger partial charge >= 0.3 is 6.18 Å². The summed E-state index contributed by atoms with van der Waals surface area (Å²) in [5.41, 5.74) is 5.25. The highest BCUT2D eigenvalue weighted by molar-refractivity contribution is 5.99. The fourth-order valence-corrected chi connectivity index (χ4v) is 2.26. The lowest BCUT2D eigenvalue weighted by Gasteiger charge is -2.06. The fourth-order valence-electron chi connectivity index (χ4n) is 2.26. The highest BCUT2D eigenvalue weighted by Gasteiger charge is 2.31. The first-order valence-corrected chi connectivity index (χ1v) is 6.43. The smallest absolute Gasteiger partial charge is 0.366 e. The van der Waals surface area contributed by atoms with E-state index in [1.165, 1.54) is 23.0 Å². The average Bonchev–Trinajstić information content (AvgIpc) is 2.83. The molecule has 0 aromatic carbocycles. The Kier molecular flexibility index (Phi) is 3.28. The van der Waals surface area contributed by atoms with Crippen molar-refractivity contribution in [3.63, 3.8) is 0 Å². The van der Waals surface area contributed by atoms with Crippen LogP contribution in [-0.2, 0) is 13.2 Å². The van der Waals surface area contributed by atoms with Crippen LogP contribution in [0.1, 0.15) is 15.9 Å². The Morgan fingerprint density at radius 2 is 2.04 bits per heavy atom. The zero-order chi connectivity index (χ0) is 16.8. The molecule has 3 aromatic heterocycles. The first kappa shape index (κ1) is 14.9. The van der Waals surface area contributed by atoms with Crippen LogP contribution in [0.3, 0.4) is 0 Å². The third-order valence-electron chi connectivity index (χ3n) is 3.36. The monoisotopic (exact) mass is 321 g/mol. The highest BCUT2D eigenvalue weighted by atomic mass is 19.4. The molecule has 0 bridgehead atoms. The molecule has 0 unspecified atom stereocenters. The van der Waals surface area contributed by atoms with Gasteiger partial charge in [0.05, 0.1) is 11.1 Å². The number of imidazole rings is 1. The molecule has 0 radical (unpaired) electrons. The molecular weight excluding hydrogens is 311 g/mol. The molecule has 0 saturated carbocycles. The molecule has 1 amide bonds. The lowest BCUT2D eigenvalue weighted by molar-refractivity contribution is -0.137. The summed E-state index contributed by atoms with van der Waals surface area (Å²) in [6.45, 7) is 0. The molecule has 6 nitrogen and oxygen atoms in total. The average molecular weight is 321 g/mol. The number of aromatic nitrogens is 4. The minimum atomic E-state index is -4.51. The predicted molar refractivity (Wildman–Crippen MR) is 75.3 cm³/mol. The van der Waals surface area contributed by atoms with Crippen molar-refractivity contribution in [1.82, 2.24) is 19.5 Å². The van der Waals surface area contributed by atoms with Gasteiger partial charge in [-0.05, 0) is 12.1 Å². The first-order valence-electron chi connectivity index (χ1n) is 6.43. The van der Waals surface area contributed by atoms with Gasteiger partial charge in [-0.3, -0.25) is 9.78 Å². The Labute approximate surface area is 127 Å². The van der Waals surface area contributed by atoms with Crippen molar-refractivity contribution >= 4 is 17.1 Å². The summed E-state index contributed by atoms with van der Waals surface area (Å²) >= 11 is 0. The molecule has 3 heterocycles. The van der Waals surface area contributed by atoms with Crippen LogP contribution in [0.25, 0.3) is 22.6 Å². The number of nitrogens with zero attached hydrogens (tertiary/aromatic N) is 4. The van der Waals surface area contributed by atoms with Gasteiger partial charge in [-0.2, -0.15) is 13.2 Å². The summed E-state index contributed by atoms with van der Waals surface area (Å²) in [5, 5.41) is 0. The maximum atomic E-state index is 12.8. The SMILES string of the molecule is Cn1c(-c2ccncc2C(N)=O)nc2cc(C(F)(F)F)cnc21. The maximum Gasteiger partial charge on any atom is 0.417 e. The van der Waals surface area contributed by atoms with Crippen LogP contribution in [0.2, 0.25) is 0 Å². The number of pyridine rings is 2. The molecule has 0 saturated heterocycles. The summed E-state index contributed by atoms with van der Waals surface area (Å²) in [6.07, 6.45) is -1.04. The van der Waals surface area contributed by atoms with E-state index < -0.39 is 17.6 Å². The van der Waals surface area contributed by atoms with Gasteiger partial charge in [0.25, 0.3) is 5.91 Å². The number of nitrogens with two attached hydrogens (primary N) is 1. The van der Waals surface area contributed by atoms with Crippen molar-refractivity contribution in [2.24, 2.45) is 12.8 Å². The number of rotatable bonds is 2. The van der Waals surface area contributed by atoms with E-state index in [1.54, 1.807) is 7.05 Å². The standard InChI is InChI=1S/C14H10F3N5O/c1-22-12(8-2-3-19-6-9(8)11(18)23)21-10-4-7(14(15,16)17)5-20-13(10)22/h2-6H,1H3,(H2,18,23). The number of carbonyl (C=O) groups excluding carboxylic acids is 1. The number of primary amides is 1. The van der Waals surface area contributed by atoms with E-state index in [4.69, 9.17) is 5.73 Å². The van der Waals surface area contributed by atoms with Crippen molar-refractivity contribution in [2.45, 2.75) is 6.18 Å². The molecule has 0 fully saturated rings. The number of hydrogen-bond acceptors (Lipinski definition) is 4. The molecule has 118 valence electrons. The van der Waals surface area contributed by atoms with Gasteiger partial charge in [-0.25, -0.2) is 9.97 Å². The van der Waals surface area contributed by atoms with Gasteiger partial charge in [0.15, 0.2) is 5.65 Å². The summed E-state index contributed by atoms with van der Waals surface area (Å²) in [6, 6.07) is 2.43. The van der Waals surface area contributed by atoms with Gasteiger partial charge in [-0.15, -0.1) is 0 Å². The number of amides is 1. The first-order chi connectivity index (χ1) is 10.8. The summed E-state index contributed by atoms with van der Waals surface area (Å²) in [7, 11) is 1.59. The Morgan fingerprint density at radius 1 is 1.30 bits per heavy atom. The number of carbonyl (C=O) groups is 1. The van der Waals surface area contributed by atoms with Gasteiger partial charge in [0, 0.05) is 31.2 Å². The van der Waals surface area contributed by atoms with Crippen LogP contribution in [0.4, 0.5) is 13.2 Å². The second kappa shape index (κ2) is 5.04. The third kappa shape index (κ3) is 2.50. The Morgan fingerprint density at radius 3 is 2.70 bits per heavy atom. The van der Waals surface area contributed by atoms with Crippen molar-refractivity contribution in [3.05, 3.63) is 41.9 Å². The summed E-state index contributed by atoms with van der Waals surface area (Å²) < 4.78 is 39.8. The molecule has 23 heavy (non-hydrogen) atoms. The van der Waals surface area contributed by atoms with Crippen LogP contribution in [-0.4, -0.2) is 25.4 Å². The van der Waals surface area contributed by atoms with E-state index in [0.717, 1.165) is 12.3 Å². The number of alkyl halides is 3. The van der Waals surface area contributed by atoms with Gasteiger partial charge in [0.1, 0.15) is 11.3 Å². The quantitative estimate of drug-likeness (QED) is 0.783. The van der Waals surface area contributed by atoms with E-state index in [-0.39, 0.29) is 22.6 Å². The third-order valence-corrected chi connectivity index (χ3v) is 3.36. The van der Waals surface area contributed by atoms with Gasteiger partial charge in [-0.1, -0.05) is 0 Å². The van der Waals surface area contributed by atoms with Crippen LogP contribution in [0.5, 0.6) is 0 Å². The topological polar surface area (TPSA) is 86.7 Å². The molecule has 0 aliphatic carbocycles. The molecule has 0 aliphatic heterocycles. The number of halogens is 3. The van der Waals surface area contributed by atoms with Crippen LogP contribution < -0.4 is 5.73 Å². The minimum absolute atomic E-state index is 0.0737. The number of hydrogen-bond donors (Lipinski definition) is 1. The lowest BCUT2D eigenvalue weighted by Crippen LogP contribution is -2.13. The number of fused-ring (bicyclic) bond motifs is 1. The predicted octanol–water partition coefficient (Wildman–Crippen LogP) is 2.15. The van der Waals surface area contributed by atoms with Crippen LogP contribution >= 0.6 is 0 Å². The maximum absolute atomic E-state index is 12.8. The fraction of sp³-hybridized carbons (Fsp3) is 0.143. The second-order valence-electron chi connectivity index (χ2n) is 4.84. The highest BCUT2D eigenvalue weighted by Crippen LogP contribution is 2.31. The molecule has 0 atom stereocenters. The summed E-state index contributed by atoms with van der Waals surface area (Å²) in [4.78, 5) is 23.3. The molecule has 0 aliphatic rings. The zero-order valence-electron chi connectivity index (χ0n) is 11.8. The number of aryl methyl sites for hydroxylation is 1. The molecule has 2 N–H and O–H groups in total. The zero-order valence-corrected chi connectivity index (χ0v) is 11.8. The van der Waals surface area contributed by atoms with E-state index in [0.29, 0.717) is 5.56 Å².